The van der Waals surface area contributed by atoms with E-state index in [1.54, 1.807) is 24.4 Å². The summed E-state index contributed by atoms with van der Waals surface area (Å²) in [5.74, 6) is 0.518. The molecule has 0 aliphatic heterocycles. The van der Waals surface area contributed by atoms with Crippen molar-refractivity contribution < 1.29 is 14.6 Å². The summed E-state index contributed by atoms with van der Waals surface area (Å²) in [6.07, 6.45) is 1.62. The molecule has 0 saturated heterocycles. The molecular weight excluding hydrogens is 268 g/mol. The molecule has 0 saturated carbocycles. The van der Waals surface area contributed by atoms with Gasteiger partial charge in [0.25, 0.3) is 0 Å². The fourth-order valence-corrected chi connectivity index (χ4v) is 1.84. The number of amides is 1. The average Bonchev–Trinajstić information content (AvgIpc) is 2.55. The van der Waals surface area contributed by atoms with Gasteiger partial charge in [-0.3, -0.25) is 4.90 Å². The number of carbonyl (C=O) groups excluding carboxylic acids is 1. The lowest BCUT2D eigenvalue weighted by Crippen LogP contribution is -2.33. The van der Waals surface area contributed by atoms with Gasteiger partial charge in [0.15, 0.2) is 0 Å². The maximum atomic E-state index is 12.2. The van der Waals surface area contributed by atoms with E-state index in [1.165, 1.54) is 4.90 Å². The molecule has 0 bridgehead atoms. The van der Waals surface area contributed by atoms with Crippen molar-refractivity contribution in [2.24, 2.45) is 0 Å². The van der Waals surface area contributed by atoms with Crippen LogP contribution in [0.3, 0.4) is 0 Å². The second-order valence-corrected chi connectivity index (χ2v) is 4.46. The van der Waals surface area contributed by atoms with Crippen molar-refractivity contribution in [3.8, 4) is 0 Å². The largest absolute Gasteiger partial charge is 0.444 e. The number of nitrogens with zero attached hydrogens (tertiary/aromatic N) is 2. The van der Waals surface area contributed by atoms with Crippen molar-refractivity contribution >= 4 is 11.9 Å². The van der Waals surface area contributed by atoms with Crippen LogP contribution < -0.4 is 4.90 Å². The van der Waals surface area contributed by atoms with Gasteiger partial charge < -0.3 is 9.84 Å². The highest BCUT2D eigenvalue weighted by molar-refractivity contribution is 5.86. The highest BCUT2D eigenvalue weighted by Gasteiger charge is 2.17. The summed E-state index contributed by atoms with van der Waals surface area (Å²) in [6.45, 7) is 0.582. The lowest BCUT2D eigenvalue weighted by Gasteiger charge is -2.20. The first-order valence-corrected chi connectivity index (χ1v) is 6.81. The van der Waals surface area contributed by atoms with E-state index in [4.69, 9.17) is 9.84 Å². The lowest BCUT2D eigenvalue weighted by molar-refractivity contribution is 0.146. The number of hydrogen-bond acceptors (Lipinski definition) is 4. The Morgan fingerprint density at radius 1 is 1.14 bits per heavy atom. The van der Waals surface area contributed by atoms with Gasteiger partial charge in [0.05, 0.1) is 0 Å². The molecule has 0 aliphatic carbocycles. The van der Waals surface area contributed by atoms with E-state index in [9.17, 15) is 4.79 Å². The zero-order chi connectivity index (χ0) is 14.9. The number of carbonyl (C=O) groups is 1. The molecule has 21 heavy (non-hydrogen) atoms. The number of benzene rings is 1. The molecular formula is C16H18N2O3. The highest BCUT2D eigenvalue weighted by Crippen LogP contribution is 2.12. The van der Waals surface area contributed by atoms with Crippen molar-refractivity contribution in [2.75, 3.05) is 18.1 Å². The molecule has 1 aromatic heterocycles. The summed E-state index contributed by atoms with van der Waals surface area (Å²) < 4.78 is 5.31. The second-order valence-electron chi connectivity index (χ2n) is 4.46. The lowest BCUT2D eigenvalue weighted by atomic mass is 10.2. The Bertz CT molecular complexity index is 546. The van der Waals surface area contributed by atoms with Crippen molar-refractivity contribution in [3.63, 3.8) is 0 Å². The van der Waals surface area contributed by atoms with E-state index < -0.39 is 6.09 Å². The van der Waals surface area contributed by atoms with Gasteiger partial charge in [-0.25, -0.2) is 9.78 Å². The van der Waals surface area contributed by atoms with E-state index in [0.29, 0.717) is 18.8 Å². The maximum absolute atomic E-state index is 12.2. The van der Waals surface area contributed by atoms with E-state index >= 15 is 0 Å². The number of rotatable bonds is 6. The smallest absolute Gasteiger partial charge is 0.415 e. The van der Waals surface area contributed by atoms with Gasteiger partial charge in [0.1, 0.15) is 12.4 Å². The first-order chi connectivity index (χ1) is 10.3. The Labute approximate surface area is 123 Å². The molecule has 2 aromatic rings. The maximum Gasteiger partial charge on any atom is 0.415 e. The average molecular weight is 286 g/mol. The summed E-state index contributed by atoms with van der Waals surface area (Å²) in [5, 5.41) is 8.95. The summed E-state index contributed by atoms with van der Waals surface area (Å²) >= 11 is 0. The Morgan fingerprint density at radius 3 is 2.57 bits per heavy atom. The normalized spacial score (nSPS) is 10.1. The van der Waals surface area contributed by atoms with Crippen LogP contribution in [0.2, 0.25) is 0 Å². The molecule has 1 N–H and O–H groups in total. The van der Waals surface area contributed by atoms with Gasteiger partial charge in [-0.15, -0.1) is 0 Å². The molecule has 5 heteroatoms. The highest BCUT2D eigenvalue weighted by atomic mass is 16.6. The van der Waals surface area contributed by atoms with E-state index in [0.717, 1.165) is 5.56 Å². The molecule has 1 heterocycles. The molecule has 5 nitrogen and oxygen atoms in total. The Morgan fingerprint density at radius 2 is 1.90 bits per heavy atom. The van der Waals surface area contributed by atoms with Crippen LogP contribution in [0.1, 0.15) is 12.0 Å². The summed E-state index contributed by atoms with van der Waals surface area (Å²) in [7, 11) is 0. The first-order valence-electron chi connectivity index (χ1n) is 6.81. The van der Waals surface area contributed by atoms with E-state index in [-0.39, 0.29) is 13.2 Å². The number of pyridine rings is 1. The molecule has 0 radical (unpaired) electrons. The Kier molecular flexibility index (Phi) is 5.72. The molecule has 0 spiro atoms. The van der Waals surface area contributed by atoms with Gasteiger partial charge in [-0.05, 0) is 24.1 Å². The molecule has 110 valence electrons. The van der Waals surface area contributed by atoms with Gasteiger partial charge in [-0.1, -0.05) is 36.4 Å². The van der Waals surface area contributed by atoms with E-state index in [1.807, 2.05) is 30.3 Å². The summed E-state index contributed by atoms with van der Waals surface area (Å²) in [6, 6.07) is 14.8. The molecule has 0 aliphatic rings. The van der Waals surface area contributed by atoms with Gasteiger partial charge >= 0.3 is 6.09 Å². The third-order valence-electron chi connectivity index (χ3n) is 2.89. The molecule has 1 amide bonds. The fraction of sp³-hybridized carbons (Fsp3) is 0.250. The minimum atomic E-state index is -0.467. The van der Waals surface area contributed by atoms with Crippen LogP contribution in [0.25, 0.3) is 0 Å². The zero-order valence-corrected chi connectivity index (χ0v) is 11.7. The molecule has 0 fully saturated rings. The number of hydrogen-bond donors (Lipinski definition) is 1. The van der Waals surface area contributed by atoms with Crippen LogP contribution in [0.4, 0.5) is 10.6 Å². The van der Waals surface area contributed by atoms with Crippen LogP contribution in [0.5, 0.6) is 0 Å². The third-order valence-corrected chi connectivity index (χ3v) is 2.89. The number of aliphatic hydroxyl groups is 1. The van der Waals surface area contributed by atoms with E-state index in [2.05, 4.69) is 4.98 Å². The standard InChI is InChI=1S/C16H18N2O3/c19-12-6-11-18(15-9-4-5-10-17-15)16(20)21-13-14-7-2-1-3-8-14/h1-5,7-10,19H,6,11-13H2. The van der Waals surface area contributed by atoms with Crippen LogP contribution in [0, 0.1) is 0 Å². The van der Waals surface area contributed by atoms with Crippen LogP contribution in [0.15, 0.2) is 54.7 Å². The minimum Gasteiger partial charge on any atom is -0.444 e. The zero-order valence-electron chi connectivity index (χ0n) is 11.7. The number of ether oxygens (including phenoxy) is 1. The number of anilines is 1. The van der Waals surface area contributed by atoms with Crippen molar-refractivity contribution in [3.05, 3.63) is 60.3 Å². The summed E-state index contributed by atoms with van der Waals surface area (Å²) in [4.78, 5) is 17.8. The van der Waals surface area contributed by atoms with Crippen LogP contribution in [-0.2, 0) is 11.3 Å². The molecule has 0 atom stereocenters. The minimum absolute atomic E-state index is 0.00923. The van der Waals surface area contributed by atoms with Gasteiger partial charge in [0, 0.05) is 19.3 Å². The predicted octanol–water partition coefficient (Wildman–Crippen LogP) is 2.61. The van der Waals surface area contributed by atoms with Gasteiger partial charge in [-0.2, -0.15) is 0 Å². The third kappa shape index (κ3) is 4.57. The topological polar surface area (TPSA) is 62.7 Å². The molecule has 1 aromatic carbocycles. The first kappa shape index (κ1) is 15.0. The fourth-order valence-electron chi connectivity index (χ4n) is 1.84. The summed E-state index contributed by atoms with van der Waals surface area (Å²) in [5.41, 5.74) is 0.925. The number of aliphatic hydroxyl groups excluding tert-OH is 1. The Balaban J connectivity index is 2.01. The number of aromatic nitrogens is 1. The SMILES string of the molecule is O=C(OCc1ccccc1)N(CCCO)c1ccccn1. The van der Waals surface area contributed by atoms with Gasteiger partial charge in [0.2, 0.25) is 0 Å². The predicted molar refractivity (Wildman–Crippen MR) is 79.9 cm³/mol. The monoisotopic (exact) mass is 286 g/mol. The van der Waals surface area contributed by atoms with Crippen LogP contribution >= 0.6 is 0 Å². The van der Waals surface area contributed by atoms with Crippen LogP contribution in [-0.4, -0.2) is 29.3 Å². The molecule has 2 rings (SSSR count). The Hall–Kier alpha value is -2.40. The van der Waals surface area contributed by atoms with Crippen molar-refractivity contribution in [1.29, 1.82) is 0 Å². The van der Waals surface area contributed by atoms with Crippen molar-refractivity contribution in [2.45, 2.75) is 13.0 Å². The van der Waals surface area contributed by atoms with Crippen molar-refractivity contribution in [1.82, 2.24) is 4.98 Å². The second kappa shape index (κ2) is 8.01. The molecule has 0 unspecified atom stereocenters. The quantitative estimate of drug-likeness (QED) is 0.886.